The second-order valence-corrected chi connectivity index (χ2v) is 6.23. The minimum absolute atomic E-state index is 0.265. The first-order valence-corrected chi connectivity index (χ1v) is 8.12. The number of nitrogens with one attached hydrogen (secondary N) is 1. The normalized spacial score (nSPS) is 24.8. The summed E-state index contributed by atoms with van der Waals surface area (Å²) in [5, 5.41) is 3.80. The van der Waals surface area contributed by atoms with Crippen molar-refractivity contribution in [2.45, 2.75) is 71.5 Å². The minimum atomic E-state index is 0.265. The predicted molar refractivity (Wildman–Crippen MR) is 84.0 cm³/mol. The maximum atomic E-state index is 5.86. The summed E-state index contributed by atoms with van der Waals surface area (Å²) in [6, 6.07) is 5.16. The van der Waals surface area contributed by atoms with Crippen molar-refractivity contribution in [2.24, 2.45) is 0 Å². The van der Waals surface area contributed by atoms with Gasteiger partial charge in [0.1, 0.15) is 11.5 Å². The number of aryl methyl sites for hydroxylation is 1. The first kappa shape index (κ1) is 15.6. The molecule has 1 aliphatic heterocycles. The molecule has 0 saturated carbocycles. The van der Waals surface area contributed by atoms with Gasteiger partial charge in [0, 0.05) is 24.7 Å². The molecule has 3 nitrogen and oxygen atoms in total. The van der Waals surface area contributed by atoms with Crippen LogP contribution in [-0.2, 0) is 0 Å². The quantitative estimate of drug-likeness (QED) is 0.885. The lowest BCUT2D eigenvalue weighted by Gasteiger charge is -2.49. The van der Waals surface area contributed by atoms with Crippen LogP contribution in [0, 0.1) is 6.92 Å². The Balaban J connectivity index is 2.20. The summed E-state index contributed by atoms with van der Waals surface area (Å²) >= 11 is 0. The molecule has 2 atom stereocenters. The molecular formula is C17H30N2O. The zero-order valence-corrected chi connectivity index (χ0v) is 13.7. The van der Waals surface area contributed by atoms with Crippen molar-refractivity contribution in [3.05, 3.63) is 23.7 Å². The highest BCUT2D eigenvalue weighted by Crippen LogP contribution is 2.31. The van der Waals surface area contributed by atoms with Gasteiger partial charge in [-0.15, -0.1) is 0 Å². The van der Waals surface area contributed by atoms with Crippen molar-refractivity contribution in [1.29, 1.82) is 0 Å². The molecule has 1 aromatic rings. The Morgan fingerprint density at radius 3 is 2.55 bits per heavy atom. The van der Waals surface area contributed by atoms with E-state index in [1.807, 2.05) is 6.92 Å². The molecule has 0 amide bonds. The third kappa shape index (κ3) is 2.94. The molecule has 0 spiro atoms. The van der Waals surface area contributed by atoms with Gasteiger partial charge in [-0.1, -0.05) is 20.8 Å². The number of hydrogen-bond acceptors (Lipinski definition) is 3. The van der Waals surface area contributed by atoms with Gasteiger partial charge in [0.2, 0.25) is 0 Å². The van der Waals surface area contributed by atoms with E-state index < -0.39 is 0 Å². The van der Waals surface area contributed by atoms with Crippen LogP contribution in [0.2, 0.25) is 0 Å². The van der Waals surface area contributed by atoms with Crippen molar-refractivity contribution in [2.75, 3.05) is 13.1 Å². The van der Waals surface area contributed by atoms with E-state index in [1.54, 1.807) is 0 Å². The fourth-order valence-electron chi connectivity index (χ4n) is 3.38. The van der Waals surface area contributed by atoms with E-state index in [2.05, 4.69) is 50.0 Å². The van der Waals surface area contributed by atoms with E-state index in [0.717, 1.165) is 24.6 Å². The van der Waals surface area contributed by atoms with Crippen molar-refractivity contribution < 1.29 is 4.42 Å². The molecule has 0 radical (unpaired) electrons. The molecule has 1 fully saturated rings. The molecule has 114 valence electrons. The lowest BCUT2D eigenvalue weighted by Crippen LogP contribution is -2.63. The monoisotopic (exact) mass is 278 g/mol. The molecule has 2 unspecified atom stereocenters. The van der Waals surface area contributed by atoms with Gasteiger partial charge in [-0.3, -0.25) is 4.90 Å². The minimum Gasteiger partial charge on any atom is -0.465 e. The summed E-state index contributed by atoms with van der Waals surface area (Å²) in [4.78, 5) is 2.64. The van der Waals surface area contributed by atoms with Crippen LogP contribution in [0.15, 0.2) is 16.5 Å². The molecule has 20 heavy (non-hydrogen) atoms. The van der Waals surface area contributed by atoms with Crippen molar-refractivity contribution in [3.63, 3.8) is 0 Å². The van der Waals surface area contributed by atoms with E-state index in [-0.39, 0.29) is 5.54 Å². The lowest BCUT2D eigenvalue weighted by molar-refractivity contribution is 0.0327. The molecule has 3 heteroatoms. The van der Waals surface area contributed by atoms with Crippen LogP contribution in [0.4, 0.5) is 0 Å². The Labute approximate surface area is 123 Å². The lowest BCUT2D eigenvalue weighted by atomic mass is 9.87. The number of furan rings is 1. The standard InChI is InChI=1S/C17H30N2O/c1-6-15-11-18-17(7-2,8-3)12-19(15)14(5)16-10-9-13(4)20-16/h9-10,14-15,18H,6-8,11-12H2,1-5H3. The van der Waals surface area contributed by atoms with Gasteiger partial charge in [0.15, 0.2) is 0 Å². The third-order valence-corrected chi connectivity index (χ3v) is 5.16. The number of nitrogens with zero attached hydrogens (tertiary/aromatic N) is 1. The van der Waals surface area contributed by atoms with E-state index in [4.69, 9.17) is 4.42 Å². The summed E-state index contributed by atoms with van der Waals surface area (Å²) < 4.78 is 5.86. The second-order valence-electron chi connectivity index (χ2n) is 6.23. The summed E-state index contributed by atoms with van der Waals surface area (Å²) in [5.41, 5.74) is 0.265. The van der Waals surface area contributed by atoms with Gasteiger partial charge in [0.25, 0.3) is 0 Å². The van der Waals surface area contributed by atoms with Gasteiger partial charge in [-0.25, -0.2) is 0 Å². The zero-order valence-electron chi connectivity index (χ0n) is 13.7. The number of piperazine rings is 1. The Bertz CT molecular complexity index is 422. The second kappa shape index (κ2) is 6.31. The molecular weight excluding hydrogens is 248 g/mol. The van der Waals surface area contributed by atoms with Crippen LogP contribution in [0.1, 0.15) is 64.5 Å². The van der Waals surface area contributed by atoms with E-state index in [9.17, 15) is 0 Å². The van der Waals surface area contributed by atoms with Gasteiger partial charge >= 0.3 is 0 Å². The fraction of sp³-hybridized carbons (Fsp3) is 0.765. The molecule has 0 aromatic carbocycles. The van der Waals surface area contributed by atoms with Crippen molar-refractivity contribution in [1.82, 2.24) is 10.2 Å². The smallest absolute Gasteiger partial charge is 0.121 e. The molecule has 1 saturated heterocycles. The first-order valence-electron chi connectivity index (χ1n) is 8.12. The van der Waals surface area contributed by atoms with Crippen LogP contribution in [0.5, 0.6) is 0 Å². The molecule has 1 aliphatic rings. The third-order valence-electron chi connectivity index (χ3n) is 5.16. The summed E-state index contributed by atoms with van der Waals surface area (Å²) in [5.74, 6) is 2.11. The Morgan fingerprint density at radius 1 is 1.35 bits per heavy atom. The largest absolute Gasteiger partial charge is 0.465 e. The average Bonchev–Trinajstić information content (AvgIpc) is 2.92. The molecule has 0 bridgehead atoms. The van der Waals surface area contributed by atoms with Crippen LogP contribution < -0.4 is 5.32 Å². The van der Waals surface area contributed by atoms with Gasteiger partial charge in [-0.05, 0) is 45.2 Å². The van der Waals surface area contributed by atoms with Crippen LogP contribution >= 0.6 is 0 Å². The van der Waals surface area contributed by atoms with Gasteiger partial charge in [0.05, 0.1) is 6.04 Å². The fourth-order valence-corrected chi connectivity index (χ4v) is 3.38. The maximum absolute atomic E-state index is 5.86. The van der Waals surface area contributed by atoms with E-state index in [0.29, 0.717) is 12.1 Å². The van der Waals surface area contributed by atoms with Crippen molar-refractivity contribution >= 4 is 0 Å². The predicted octanol–water partition coefficient (Wildman–Crippen LogP) is 3.89. The summed E-state index contributed by atoms with van der Waals surface area (Å²) in [6.45, 7) is 13.4. The highest BCUT2D eigenvalue weighted by Gasteiger charge is 2.38. The SMILES string of the molecule is CCC1CNC(CC)(CC)CN1C(C)c1ccc(C)o1. The van der Waals surface area contributed by atoms with Crippen LogP contribution in [0.25, 0.3) is 0 Å². The van der Waals surface area contributed by atoms with E-state index >= 15 is 0 Å². The Kier molecular flexibility index (Phi) is 4.92. The van der Waals surface area contributed by atoms with Crippen LogP contribution in [-0.4, -0.2) is 29.6 Å². The number of hydrogen-bond donors (Lipinski definition) is 1. The average molecular weight is 278 g/mol. The Morgan fingerprint density at radius 2 is 2.05 bits per heavy atom. The molecule has 0 aliphatic carbocycles. The van der Waals surface area contributed by atoms with Crippen molar-refractivity contribution in [3.8, 4) is 0 Å². The van der Waals surface area contributed by atoms with Gasteiger partial charge in [-0.2, -0.15) is 0 Å². The van der Waals surface area contributed by atoms with Gasteiger partial charge < -0.3 is 9.73 Å². The summed E-state index contributed by atoms with van der Waals surface area (Å²) in [6.07, 6.45) is 3.54. The number of rotatable bonds is 5. The first-order chi connectivity index (χ1) is 9.55. The molecule has 2 heterocycles. The molecule has 1 aromatic heterocycles. The Hall–Kier alpha value is -0.800. The van der Waals surface area contributed by atoms with Crippen LogP contribution in [0.3, 0.4) is 0 Å². The molecule has 1 N–H and O–H groups in total. The van der Waals surface area contributed by atoms with E-state index in [1.165, 1.54) is 19.3 Å². The highest BCUT2D eigenvalue weighted by molar-refractivity contribution is 5.11. The topological polar surface area (TPSA) is 28.4 Å². The molecule has 2 rings (SSSR count). The summed E-state index contributed by atoms with van der Waals surface area (Å²) in [7, 11) is 0. The zero-order chi connectivity index (χ0) is 14.8. The maximum Gasteiger partial charge on any atom is 0.121 e. The highest BCUT2D eigenvalue weighted by atomic mass is 16.3.